The standard InChI is InChI=1S/C27H36N2O2S/c1-20(2)17-26(30)29-16-9-5-3-4-8-15-28(19-22-11-6-7-13-23(22)29)27(31)25-18-21-12-10-14-24(21)32-25/h6-7,11,13,18,20H,3-5,8-10,12,14-17,19H2,1-2H3. The van der Waals surface area contributed by atoms with Crippen LogP contribution in [0.2, 0.25) is 0 Å². The van der Waals surface area contributed by atoms with Crippen LogP contribution < -0.4 is 4.90 Å². The predicted molar refractivity (Wildman–Crippen MR) is 132 cm³/mol. The van der Waals surface area contributed by atoms with Crippen molar-refractivity contribution in [1.82, 2.24) is 4.90 Å². The molecule has 0 unspecified atom stereocenters. The molecule has 0 radical (unpaired) electrons. The van der Waals surface area contributed by atoms with Crippen LogP contribution in [-0.4, -0.2) is 29.8 Å². The van der Waals surface area contributed by atoms with Crippen molar-refractivity contribution in [1.29, 1.82) is 0 Å². The summed E-state index contributed by atoms with van der Waals surface area (Å²) < 4.78 is 0. The van der Waals surface area contributed by atoms with Gasteiger partial charge in [-0.15, -0.1) is 11.3 Å². The number of fused-ring (bicyclic) bond motifs is 2. The van der Waals surface area contributed by atoms with E-state index in [1.165, 1.54) is 16.9 Å². The number of carbonyl (C=O) groups is 2. The van der Waals surface area contributed by atoms with Gasteiger partial charge in [0.05, 0.1) is 4.88 Å². The van der Waals surface area contributed by atoms with Gasteiger partial charge in [-0.05, 0) is 61.3 Å². The molecule has 0 fully saturated rings. The average Bonchev–Trinajstić information content (AvgIpc) is 3.35. The molecular weight excluding hydrogens is 416 g/mol. The first-order valence-corrected chi connectivity index (χ1v) is 13.1. The number of rotatable bonds is 3. The molecule has 1 aliphatic carbocycles. The second kappa shape index (κ2) is 10.7. The smallest absolute Gasteiger partial charge is 0.264 e. The Morgan fingerprint density at radius 2 is 1.69 bits per heavy atom. The summed E-state index contributed by atoms with van der Waals surface area (Å²) >= 11 is 1.69. The largest absolute Gasteiger partial charge is 0.334 e. The Morgan fingerprint density at radius 3 is 2.47 bits per heavy atom. The van der Waals surface area contributed by atoms with Crippen LogP contribution in [0, 0.1) is 5.92 Å². The molecule has 0 N–H and O–H groups in total. The summed E-state index contributed by atoms with van der Waals surface area (Å²) in [6.45, 7) is 6.28. The lowest BCUT2D eigenvalue weighted by Crippen LogP contribution is -2.36. The third-order valence-corrected chi connectivity index (χ3v) is 7.81. The summed E-state index contributed by atoms with van der Waals surface area (Å²) in [5.74, 6) is 0.670. The number of aryl methyl sites for hydroxylation is 2. The molecule has 32 heavy (non-hydrogen) atoms. The summed E-state index contributed by atoms with van der Waals surface area (Å²) in [5.41, 5.74) is 3.42. The van der Waals surface area contributed by atoms with Gasteiger partial charge in [-0.25, -0.2) is 0 Å². The van der Waals surface area contributed by atoms with Gasteiger partial charge in [0.1, 0.15) is 0 Å². The molecule has 172 valence electrons. The van der Waals surface area contributed by atoms with Crippen LogP contribution in [0.5, 0.6) is 0 Å². The van der Waals surface area contributed by atoms with Crippen molar-refractivity contribution in [3.8, 4) is 0 Å². The summed E-state index contributed by atoms with van der Waals surface area (Å²) in [6.07, 6.45) is 9.47. The van der Waals surface area contributed by atoms with Crippen molar-refractivity contribution in [2.24, 2.45) is 5.92 Å². The highest BCUT2D eigenvalue weighted by atomic mass is 32.1. The number of para-hydroxylation sites is 1. The molecule has 0 saturated heterocycles. The molecule has 2 aromatic rings. The van der Waals surface area contributed by atoms with Gasteiger partial charge in [-0.1, -0.05) is 51.3 Å². The number of carbonyl (C=O) groups excluding carboxylic acids is 2. The number of benzene rings is 1. The van der Waals surface area contributed by atoms with E-state index in [0.29, 0.717) is 18.9 Å². The Kier molecular flexibility index (Phi) is 7.67. The highest BCUT2D eigenvalue weighted by Gasteiger charge is 2.25. The Hall–Kier alpha value is -2.14. The topological polar surface area (TPSA) is 40.6 Å². The predicted octanol–water partition coefficient (Wildman–Crippen LogP) is 6.22. The molecule has 4 nitrogen and oxygen atoms in total. The van der Waals surface area contributed by atoms with E-state index in [4.69, 9.17) is 0 Å². The van der Waals surface area contributed by atoms with Crippen LogP contribution in [-0.2, 0) is 24.2 Å². The van der Waals surface area contributed by atoms with Gasteiger partial charge in [-0.3, -0.25) is 9.59 Å². The lowest BCUT2D eigenvalue weighted by Gasteiger charge is -2.29. The highest BCUT2D eigenvalue weighted by molar-refractivity contribution is 7.14. The van der Waals surface area contributed by atoms with Crippen molar-refractivity contribution in [3.05, 3.63) is 51.2 Å². The first-order chi connectivity index (χ1) is 15.5. The monoisotopic (exact) mass is 452 g/mol. The van der Waals surface area contributed by atoms with Gasteiger partial charge in [0, 0.05) is 36.6 Å². The van der Waals surface area contributed by atoms with Gasteiger partial charge < -0.3 is 9.80 Å². The quantitative estimate of drug-likeness (QED) is 0.554. The molecular formula is C27H36N2O2S. The van der Waals surface area contributed by atoms with E-state index in [1.807, 2.05) is 21.9 Å². The molecule has 2 amide bonds. The van der Waals surface area contributed by atoms with Gasteiger partial charge in [0.2, 0.25) is 5.91 Å². The average molecular weight is 453 g/mol. The summed E-state index contributed by atoms with van der Waals surface area (Å²) in [6, 6.07) is 10.3. The maximum atomic E-state index is 13.5. The zero-order valence-electron chi connectivity index (χ0n) is 19.6. The molecule has 0 spiro atoms. The van der Waals surface area contributed by atoms with Gasteiger partial charge >= 0.3 is 0 Å². The summed E-state index contributed by atoms with van der Waals surface area (Å²) in [7, 11) is 0. The minimum absolute atomic E-state index is 0.149. The number of anilines is 1. The zero-order valence-corrected chi connectivity index (χ0v) is 20.4. The third kappa shape index (κ3) is 5.43. The van der Waals surface area contributed by atoms with Gasteiger partial charge in [0.25, 0.3) is 5.91 Å². The molecule has 4 rings (SSSR count). The number of nitrogens with zero attached hydrogens (tertiary/aromatic N) is 2. The van der Waals surface area contributed by atoms with Crippen LogP contribution in [0.15, 0.2) is 30.3 Å². The van der Waals surface area contributed by atoms with Crippen LogP contribution in [0.1, 0.15) is 84.5 Å². The van der Waals surface area contributed by atoms with Crippen LogP contribution in [0.3, 0.4) is 0 Å². The Balaban J connectivity index is 1.63. The minimum Gasteiger partial charge on any atom is -0.334 e. The van der Waals surface area contributed by atoms with Crippen molar-refractivity contribution >= 4 is 28.8 Å². The summed E-state index contributed by atoms with van der Waals surface area (Å²) in [4.78, 5) is 33.0. The first kappa shape index (κ1) is 23.0. The van der Waals surface area contributed by atoms with Crippen molar-refractivity contribution < 1.29 is 9.59 Å². The Morgan fingerprint density at radius 1 is 0.938 bits per heavy atom. The molecule has 1 aromatic heterocycles. The number of thiophene rings is 1. The van der Waals surface area contributed by atoms with E-state index in [-0.39, 0.29) is 11.8 Å². The van der Waals surface area contributed by atoms with Crippen LogP contribution in [0.25, 0.3) is 0 Å². The fraction of sp³-hybridized carbons (Fsp3) is 0.556. The van der Waals surface area contributed by atoms with E-state index in [1.54, 1.807) is 11.3 Å². The maximum Gasteiger partial charge on any atom is 0.264 e. The van der Waals surface area contributed by atoms with E-state index in [0.717, 1.165) is 74.2 Å². The molecule has 0 atom stereocenters. The first-order valence-electron chi connectivity index (χ1n) is 12.3. The SMILES string of the molecule is CC(C)CC(=O)N1CCCCCCCN(C(=O)c2cc3c(s2)CCC3)Cc2ccccc21. The zero-order chi connectivity index (χ0) is 22.5. The molecule has 2 heterocycles. The maximum absolute atomic E-state index is 13.5. The molecule has 0 saturated carbocycles. The van der Waals surface area contributed by atoms with Crippen molar-refractivity contribution in [2.75, 3.05) is 18.0 Å². The van der Waals surface area contributed by atoms with Crippen molar-refractivity contribution in [3.63, 3.8) is 0 Å². The van der Waals surface area contributed by atoms with E-state index in [9.17, 15) is 9.59 Å². The van der Waals surface area contributed by atoms with E-state index >= 15 is 0 Å². The number of hydrogen-bond acceptors (Lipinski definition) is 3. The van der Waals surface area contributed by atoms with Gasteiger partial charge in [0.15, 0.2) is 0 Å². The third-order valence-electron chi connectivity index (χ3n) is 6.58. The lowest BCUT2D eigenvalue weighted by molar-refractivity contribution is -0.119. The fourth-order valence-electron chi connectivity index (χ4n) is 4.90. The van der Waals surface area contributed by atoms with E-state index < -0.39 is 0 Å². The molecule has 0 bridgehead atoms. The van der Waals surface area contributed by atoms with Gasteiger partial charge in [-0.2, -0.15) is 0 Å². The normalized spacial score (nSPS) is 17.5. The summed E-state index contributed by atoms with van der Waals surface area (Å²) in [5, 5.41) is 0. The second-order valence-corrected chi connectivity index (χ2v) is 10.8. The Labute approximate surface area is 196 Å². The molecule has 2 aliphatic rings. The van der Waals surface area contributed by atoms with Crippen LogP contribution >= 0.6 is 11.3 Å². The van der Waals surface area contributed by atoms with Crippen LogP contribution in [0.4, 0.5) is 5.69 Å². The Bertz CT molecular complexity index is 927. The molecule has 5 heteroatoms. The van der Waals surface area contributed by atoms with Crippen molar-refractivity contribution in [2.45, 2.75) is 78.2 Å². The second-order valence-electron chi connectivity index (χ2n) is 9.68. The number of amides is 2. The lowest BCUT2D eigenvalue weighted by atomic mass is 10.0. The fourth-order valence-corrected chi connectivity index (χ4v) is 6.12. The molecule has 1 aromatic carbocycles. The van der Waals surface area contributed by atoms with E-state index in [2.05, 4.69) is 32.0 Å². The minimum atomic E-state index is 0.149. The highest BCUT2D eigenvalue weighted by Crippen LogP contribution is 2.32. The molecule has 1 aliphatic heterocycles. The number of hydrogen-bond donors (Lipinski definition) is 0.